The van der Waals surface area contributed by atoms with Crippen molar-refractivity contribution in [3.63, 3.8) is 0 Å². The smallest absolute Gasteiger partial charge is 1.00 e. The number of hydrogen-bond acceptors (Lipinski definition) is 0. The summed E-state index contributed by atoms with van der Waals surface area (Å²) in [6, 6.07) is 12.2. The van der Waals surface area contributed by atoms with Crippen molar-refractivity contribution < 1.29 is 58.9 Å². The van der Waals surface area contributed by atoms with Gasteiger partial charge >= 0.3 is 21.7 Å². The SMILES string of the molecule is CC[Si](C)(C1=[C-]CC=C1C)c1ccccc1.[Cl-].[Cl-].[Cl-].[Ti+4]. The topological polar surface area (TPSA) is 0 Å². The Balaban J connectivity index is -0.000000722. The summed E-state index contributed by atoms with van der Waals surface area (Å²) in [5.41, 5.74) is 1.46. The molecule has 0 N–H and O–H groups in total. The number of rotatable bonds is 3. The molecular weight excluding hydrogens is 362 g/mol. The largest absolute Gasteiger partial charge is 4.00 e. The number of hydrogen-bond donors (Lipinski definition) is 0. The molecule has 0 heterocycles. The predicted molar refractivity (Wildman–Crippen MR) is 73.3 cm³/mol. The average molecular weight is 382 g/mol. The molecule has 0 aliphatic heterocycles. The molecule has 0 radical (unpaired) electrons. The summed E-state index contributed by atoms with van der Waals surface area (Å²) in [5.74, 6) is 0. The van der Waals surface area contributed by atoms with Crippen molar-refractivity contribution in [3.8, 4) is 0 Å². The molecule has 5 heteroatoms. The van der Waals surface area contributed by atoms with Gasteiger partial charge in [-0.2, -0.15) is 6.08 Å². The molecule has 0 bridgehead atoms. The van der Waals surface area contributed by atoms with Crippen molar-refractivity contribution in [2.75, 3.05) is 0 Å². The molecule has 0 aromatic heterocycles. The molecule has 0 saturated carbocycles. The van der Waals surface area contributed by atoms with Gasteiger partial charge in [0.05, 0.1) is 8.07 Å². The van der Waals surface area contributed by atoms with Crippen LogP contribution >= 0.6 is 0 Å². The molecule has 108 valence electrons. The fourth-order valence-electron chi connectivity index (χ4n) is 2.51. The Labute approximate surface area is 157 Å². The van der Waals surface area contributed by atoms with E-state index < -0.39 is 8.07 Å². The molecule has 1 aliphatic carbocycles. The molecule has 0 nitrogen and oxygen atoms in total. The number of benzene rings is 1. The van der Waals surface area contributed by atoms with Gasteiger partial charge < -0.3 is 37.2 Å². The Bertz CT molecular complexity index is 446. The van der Waals surface area contributed by atoms with Crippen LogP contribution in [0.4, 0.5) is 0 Å². The van der Waals surface area contributed by atoms with Gasteiger partial charge in [-0.25, -0.2) is 10.8 Å². The maximum Gasteiger partial charge on any atom is 4.00 e. The standard InChI is InChI=1S/C15H19Si.3ClH.Ti/c1-4-16(3,14-10-6-5-7-11-14)15-12-8-9-13(15)2;;;;/h5-7,9-11H,4,8H2,1-3H3;3*1H;/q-1;;;;+4/p-3. The molecule has 1 aliphatic rings. The van der Waals surface area contributed by atoms with Crippen LogP contribution in [0.15, 0.2) is 47.2 Å². The van der Waals surface area contributed by atoms with E-state index in [4.69, 9.17) is 0 Å². The molecule has 2 rings (SSSR count). The van der Waals surface area contributed by atoms with Crippen LogP contribution in [-0.2, 0) is 21.7 Å². The van der Waals surface area contributed by atoms with Crippen molar-refractivity contribution in [3.05, 3.63) is 53.3 Å². The van der Waals surface area contributed by atoms with Gasteiger partial charge in [0, 0.05) is 0 Å². The Kier molecular flexibility index (Phi) is 14.2. The van der Waals surface area contributed by atoms with E-state index in [2.05, 4.69) is 62.9 Å². The first kappa shape index (κ1) is 25.5. The molecule has 0 fully saturated rings. The molecule has 0 saturated heterocycles. The van der Waals surface area contributed by atoms with Crippen molar-refractivity contribution >= 4 is 13.3 Å². The first-order valence-electron chi connectivity index (χ1n) is 6.02. The summed E-state index contributed by atoms with van der Waals surface area (Å²) in [4.78, 5) is 0. The zero-order valence-electron chi connectivity index (χ0n) is 12.0. The fourth-order valence-corrected chi connectivity index (χ4v) is 5.95. The second-order valence-corrected chi connectivity index (χ2v) is 9.14. The molecule has 1 aromatic carbocycles. The minimum Gasteiger partial charge on any atom is -1.00 e. The fraction of sp³-hybridized carbons (Fsp3) is 0.333. The number of allylic oxidation sites excluding steroid dienone is 4. The van der Waals surface area contributed by atoms with Crippen LogP contribution in [0.2, 0.25) is 12.6 Å². The molecule has 0 amide bonds. The molecule has 0 spiro atoms. The van der Waals surface area contributed by atoms with E-state index in [1.807, 2.05) is 0 Å². The van der Waals surface area contributed by atoms with Crippen molar-refractivity contribution in [1.82, 2.24) is 0 Å². The van der Waals surface area contributed by atoms with Crippen molar-refractivity contribution in [2.24, 2.45) is 0 Å². The maximum absolute atomic E-state index is 3.58. The Morgan fingerprint density at radius 1 is 1.10 bits per heavy atom. The quantitative estimate of drug-likeness (QED) is 0.362. The van der Waals surface area contributed by atoms with Crippen molar-refractivity contribution in [2.45, 2.75) is 32.9 Å². The summed E-state index contributed by atoms with van der Waals surface area (Å²) >= 11 is 0. The Hall–Kier alpha value is 0.501. The Morgan fingerprint density at radius 3 is 2.05 bits per heavy atom. The zero-order chi connectivity index (χ0) is 11.6. The van der Waals surface area contributed by atoms with Crippen LogP contribution < -0.4 is 42.4 Å². The molecule has 1 aromatic rings. The Morgan fingerprint density at radius 2 is 1.65 bits per heavy atom. The van der Waals surface area contributed by atoms with E-state index in [9.17, 15) is 0 Å². The second-order valence-electron chi connectivity index (χ2n) is 4.69. The van der Waals surface area contributed by atoms with Gasteiger partial charge in [-0.1, -0.05) is 55.0 Å². The first-order valence-corrected chi connectivity index (χ1v) is 8.73. The number of halogens is 3. The zero-order valence-corrected chi connectivity index (χ0v) is 16.8. The van der Waals surface area contributed by atoms with Gasteiger partial charge in [0.15, 0.2) is 0 Å². The molecule has 1 atom stereocenters. The van der Waals surface area contributed by atoms with E-state index in [-0.39, 0.29) is 58.9 Å². The van der Waals surface area contributed by atoms with Crippen LogP contribution in [0.3, 0.4) is 0 Å². The van der Waals surface area contributed by atoms with Crippen LogP contribution in [0.25, 0.3) is 0 Å². The van der Waals surface area contributed by atoms with Gasteiger partial charge in [-0.3, -0.25) is 6.08 Å². The van der Waals surface area contributed by atoms with Crippen LogP contribution in [0.5, 0.6) is 0 Å². The summed E-state index contributed by atoms with van der Waals surface area (Å²) in [6.07, 6.45) is 6.90. The maximum atomic E-state index is 3.58. The van der Waals surface area contributed by atoms with E-state index in [1.165, 1.54) is 22.0 Å². The minimum atomic E-state index is -1.49. The second kappa shape index (κ2) is 11.1. The predicted octanol–water partition coefficient (Wildman–Crippen LogP) is -5.38. The van der Waals surface area contributed by atoms with E-state index in [1.54, 1.807) is 0 Å². The van der Waals surface area contributed by atoms with Gasteiger partial charge in [-0.05, 0) is 0 Å². The molecule has 20 heavy (non-hydrogen) atoms. The van der Waals surface area contributed by atoms with E-state index in [0.29, 0.717) is 0 Å². The summed E-state index contributed by atoms with van der Waals surface area (Å²) in [5, 5.41) is 3.07. The van der Waals surface area contributed by atoms with Crippen LogP contribution in [0, 0.1) is 6.08 Å². The molecular formula is C15H19Cl3SiTi. The summed E-state index contributed by atoms with van der Waals surface area (Å²) in [6.45, 7) is 7.02. The van der Waals surface area contributed by atoms with E-state index >= 15 is 0 Å². The monoisotopic (exact) mass is 380 g/mol. The average Bonchev–Trinajstić information content (AvgIpc) is 2.76. The van der Waals surface area contributed by atoms with Gasteiger partial charge in [0.2, 0.25) is 0 Å². The van der Waals surface area contributed by atoms with Crippen LogP contribution in [-0.4, -0.2) is 8.07 Å². The van der Waals surface area contributed by atoms with Crippen molar-refractivity contribution in [1.29, 1.82) is 0 Å². The summed E-state index contributed by atoms with van der Waals surface area (Å²) < 4.78 is 0. The third-order valence-corrected chi connectivity index (χ3v) is 8.45. The van der Waals surface area contributed by atoms with Crippen LogP contribution in [0.1, 0.15) is 20.3 Å². The van der Waals surface area contributed by atoms with E-state index in [0.717, 1.165) is 6.42 Å². The first-order chi connectivity index (χ1) is 7.68. The van der Waals surface area contributed by atoms with Gasteiger partial charge in [0.25, 0.3) is 0 Å². The summed E-state index contributed by atoms with van der Waals surface area (Å²) in [7, 11) is -1.49. The minimum absolute atomic E-state index is 0. The van der Waals surface area contributed by atoms with Gasteiger partial charge in [-0.15, -0.1) is 13.3 Å². The third kappa shape index (κ3) is 5.05. The normalized spacial score (nSPS) is 15.2. The third-order valence-electron chi connectivity index (χ3n) is 3.75. The van der Waals surface area contributed by atoms with Gasteiger partial charge in [0.1, 0.15) is 0 Å². The molecule has 1 unspecified atom stereocenters.